The lowest BCUT2D eigenvalue weighted by Crippen LogP contribution is -2.41. The van der Waals surface area contributed by atoms with E-state index in [0.717, 1.165) is 52.3 Å². The van der Waals surface area contributed by atoms with Crippen molar-refractivity contribution in [1.82, 2.24) is 0 Å². The number of ketones is 2. The maximum Gasteiger partial charge on any atom is 0.494 e. The molecule has 6 heteroatoms. The lowest BCUT2D eigenvalue weighted by Gasteiger charge is -2.32. The van der Waals surface area contributed by atoms with E-state index in [4.69, 9.17) is 9.31 Å². The van der Waals surface area contributed by atoms with Crippen LogP contribution in [0.2, 0.25) is 0 Å². The predicted molar refractivity (Wildman–Crippen MR) is 131 cm³/mol. The van der Waals surface area contributed by atoms with Crippen molar-refractivity contribution >= 4 is 40.1 Å². The van der Waals surface area contributed by atoms with Gasteiger partial charge in [0.2, 0.25) is 0 Å². The van der Waals surface area contributed by atoms with Gasteiger partial charge in [0, 0.05) is 28.4 Å². The number of fused-ring (bicyclic) bond motifs is 2. The molecule has 0 atom stereocenters. The Kier molecular flexibility index (Phi) is 6.50. The number of aryl methyl sites for hydroxylation is 2. The second kappa shape index (κ2) is 8.88. The van der Waals surface area contributed by atoms with Crippen molar-refractivity contribution in [3.05, 3.63) is 63.1 Å². The summed E-state index contributed by atoms with van der Waals surface area (Å²) in [7, 11) is -0.345. The molecule has 4 nitrogen and oxygen atoms in total. The minimum absolute atomic E-state index is 0.256. The standard InChI is InChI=1S/C16H21BO3.C10H9BrO/c1-15(2)16(3,4)20-17(19-15)12-8-9-13-11(10-12)6-5-7-14(13)18;11-8-4-5-9-7(6-8)2-1-3-10(9)12/h8-10H,5-7H2,1-4H3;4-6H,1-3H2. The smallest absolute Gasteiger partial charge is 0.399 e. The van der Waals surface area contributed by atoms with Gasteiger partial charge in [0.05, 0.1) is 11.2 Å². The molecule has 0 unspecified atom stereocenters. The molecular formula is C26H30BBrO4. The summed E-state index contributed by atoms with van der Waals surface area (Å²) in [5, 5.41) is 0. The zero-order chi connectivity index (χ0) is 23.1. The zero-order valence-electron chi connectivity index (χ0n) is 19.3. The lowest BCUT2D eigenvalue weighted by atomic mass is 9.76. The highest BCUT2D eigenvalue weighted by atomic mass is 79.9. The molecule has 0 saturated carbocycles. The molecule has 2 aliphatic carbocycles. The maximum absolute atomic E-state index is 11.9. The first-order valence-corrected chi connectivity index (χ1v) is 12.2. The van der Waals surface area contributed by atoms with Gasteiger partial charge in [-0.15, -0.1) is 0 Å². The third kappa shape index (κ3) is 4.64. The Morgan fingerprint density at radius 2 is 1.25 bits per heavy atom. The fraction of sp³-hybridized carbons (Fsp3) is 0.462. The number of carbonyl (C=O) groups excluding carboxylic acids is 2. The van der Waals surface area contributed by atoms with Gasteiger partial charge in [-0.1, -0.05) is 40.2 Å². The van der Waals surface area contributed by atoms with Gasteiger partial charge in [0.15, 0.2) is 11.6 Å². The van der Waals surface area contributed by atoms with Crippen LogP contribution in [0.4, 0.5) is 0 Å². The number of rotatable bonds is 1. The Labute approximate surface area is 199 Å². The minimum Gasteiger partial charge on any atom is -0.399 e. The Morgan fingerprint density at radius 1 is 0.750 bits per heavy atom. The van der Waals surface area contributed by atoms with Crippen molar-refractivity contribution in [2.24, 2.45) is 0 Å². The van der Waals surface area contributed by atoms with Crippen LogP contribution in [-0.2, 0) is 22.2 Å². The number of hydrogen-bond acceptors (Lipinski definition) is 4. The van der Waals surface area contributed by atoms with Crippen LogP contribution in [-0.4, -0.2) is 29.9 Å². The summed E-state index contributed by atoms with van der Waals surface area (Å²) in [5.74, 6) is 0.551. The Bertz CT molecular complexity index is 1040. The molecule has 1 aliphatic heterocycles. The molecule has 168 valence electrons. The molecule has 0 amide bonds. The van der Waals surface area contributed by atoms with Gasteiger partial charge in [-0.25, -0.2) is 0 Å². The highest BCUT2D eigenvalue weighted by Gasteiger charge is 2.51. The first-order chi connectivity index (χ1) is 15.1. The first-order valence-electron chi connectivity index (χ1n) is 11.4. The molecule has 0 bridgehead atoms. The highest BCUT2D eigenvalue weighted by molar-refractivity contribution is 9.10. The zero-order valence-corrected chi connectivity index (χ0v) is 20.9. The van der Waals surface area contributed by atoms with E-state index in [1.165, 1.54) is 5.56 Å². The second-order valence-electron chi connectivity index (χ2n) is 9.86. The molecule has 3 aliphatic rings. The van der Waals surface area contributed by atoms with E-state index in [9.17, 15) is 9.59 Å². The van der Waals surface area contributed by atoms with Crippen LogP contribution in [0.3, 0.4) is 0 Å². The van der Waals surface area contributed by atoms with E-state index in [1.807, 2.05) is 30.3 Å². The monoisotopic (exact) mass is 496 g/mol. The first kappa shape index (κ1) is 23.4. The average Bonchev–Trinajstić information content (AvgIpc) is 2.95. The van der Waals surface area contributed by atoms with Gasteiger partial charge in [0.1, 0.15) is 0 Å². The molecule has 1 fully saturated rings. The molecular weight excluding hydrogens is 467 g/mol. The van der Waals surface area contributed by atoms with E-state index < -0.39 is 0 Å². The molecule has 0 N–H and O–H groups in total. The summed E-state index contributed by atoms with van der Waals surface area (Å²) in [4.78, 5) is 23.2. The van der Waals surface area contributed by atoms with Crippen LogP contribution >= 0.6 is 15.9 Å². The fourth-order valence-corrected chi connectivity index (χ4v) is 4.82. The molecule has 2 aromatic rings. The van der Waals surface area contributed by atoms with Crippen LogP contribution in [0.15, 0.2) is 40.9 Å². The third-order valence-electron chi connectivity index (χ3n) is 7.02. The van der Waals surface area contributed by atoms with Crippen LogP contribution in [0.25, 0.3) is 0 Å². The molecule has 1 saturated heterocycles. The van der Waals surface area contributed by atoms with Crippen molar-refractivity contribution in [1.29, 1.82) is 0 Å². The third-order valence-corrected chi connectivity index (χ3v) is 7.52. The minimum atomic E-state index is -0.345. The van der Waals surface area contributed by atoms with Gasteiger partial charge in [0.25, 0.3) is 0 Å². The molecule has 1 heterocycles. The summed E-state index contributed by atoms with van der Waals surface area (Å²) in [6.07, 6.45) is 5.34. The quantitative estimate of drug-likeness (QED) is 0.491. The SMILES string of the molecule is CC1(C)OB(c2ccc3c(c2)CCCC3=O)OC1(C)C.O=C1CCCc2cc(Br)ccc21. The van der Waals surface area contributed by atoms with Gasteiger partial charge in [-0.2, -0.15) is 0 Å². The van der Waals surface area contributed by atoms with Gasteiger partial charge in [-0.3, -0.25) is 9.59 Å². The Morgan fingerprint density at radius 3 is 1.81 bits per heavy atom. The highest BCUT2D eigenvalue weighted by Crippen LogP contribution is 2.36. The van der Waals surface area contributed by atoms with Crippen LogP contribution in [0.1, 0.15) is 85.2 Å². The Hall–Kier alpha value is -1.76. The molecule has 5 rings (SSSR count). The van der Waals surface area contributed by atoms with Crippen molar-refractivity contribution < 1.29 is 18.9 Å². The van der Waals surface area contributed by atoms with Gasteiger partial charge >= 0.3 is 7.12 Å². The molecule has 0 radical (unpaired) electrons. The molecule has 0 spiro atoms. The summed E-state index contributed by atoms with van der Waals surface area (Å²) in [6, 6.07) is 11.9. The molecule has 2 aromatic carbocycles. The molecule has 32 heavy (non-hydrogen) atoms. The van der Waals surface area contributed by atoms with Crippen molar-refractivity contribution in [3.8, 4) is 0 Å². The Balaban J connectivity index is 0.000000174. The van der Waals surface area contributed by atoms with Crippen molar-refractivity contribution in [2.45, 2.75) is 77.4 Å². The van der Waals surface area contributed by atoms with Gasteiger partial charge in [-0.05, 0) is 82.1 Å². The van der Waals surface area contributed by atoms with Crippen LogP contribution in [0.5, 0.6) is 0 Å². The van der Waals surface area contributed by atoms with E-state index in [1.54, 1.807) is 0 Å². The normalized spacial score (nSPS) is 20.8. The number of hydrogen-bond donors (Lipinski definition) is 0. The van der Waals surface area contributed by atoms with E-state index in [0.29, 0.717) is 18.6 Å². The van der Waals surface area contributed by atoms with Crippen molar-refractivity contribution in [2.75, 3.05) is 0 Å². The summed E-state index contributed by atoms with van der Waals surface area (Å²) >= 11 is 3.40. The number of halogens is 1. The van der Waals surface area contributed by atoms with E-state index in [2.05, 4.69) is 49.7 Å². The predicted octanol–water partition coefficient (Wildman–Crippen LogP) is 5.47. The second-order valence-corrected chi connectivity index (χ2v) is 10.8. The lowest BCUT2D eigenvalue weighted by molar-refractivity contribution is 0.00578. The average molecular weight is 497 g/mol. The summed E-state index contributed by atoms with van der Waals surface area (Å²) in [6.45, 7) is 8.20. The van der Waals surface area contributed by atoms with Crippen LogP contribution in [0, 0.1) is 0 Å². The fourth-order valence-electron chi connectivity index (χ4n) is 4.41. The van der Waals surface area contributed by atoms with E-state index >= 15 is 0 Å². The maximum atomic E-state index is 11.9. The van der Waals surface area contributed by atoms with Gasteiger partial charge < -0.3 is 9.31 Å². The van der Waals surface area contributed by atoms with E-state index in [-0.39, 0.29) is 24.1 Å². The summed E-state index contributed by atoms with van der Waals surface area (Å²) in [5.41, 5.74) is 4.47. The number of Topliss-reactive ketones (excluding diaryl/α,β-unsaturated/α-hetero) is 2. The van der Waals surface area contributed by atoms with Crippen molar-refractivity contribution in [3.63, 3.8) is 0 Å². The number of benzene rings is 2. The molecule has 0 aromatic heterocycles. The van der Waals surface area contributed by atoms with Crippen LogP contribution < -0.4 is 5.46 Å². The number of carbonyl (C=O) groups is 2. The topological polar surface area (TPSA) is 52.6 Å². The largest absolute Gasteiger partial charge is 0.494 e. The summed E-state index contributed by atoms with van der Waals surface area (Å²) < 4.78 is 13.2.